The molecule has 2 saturated carbocycles. The lowest BCUT2D eigenvalue weighted by Gasteiger charge is -2.52. The number of phenols is 1. The molecule has 1 aromatic carbocycles. The van der Waals surface area contributed by atoms with Crippen molar-refractivity contribution in [2.75, 3.05) is 0 Å². The molecule has 5 unspecified atom stereocenters. The lowest BCUT2D eigenvalue weighted by molar-refractivity contribution is -0.155. The van der Waals surface area contributed by atoms with Gasteiger partial charge >= 0.3 is 5.97 Å². The Kier molecular flexibility index (Phi) is 3.67. The Morgan fingerprint density at radius 3 is 2.83 bits per heavy atom. The zero-order valence-corrected chi connectivity index (χ0v) is 14.9. The van der Waals surface area contributed by atoms with Gasteiger partial charge in [-0.3, -0.25) is 4.79 Å². The number of fused-ring (bicyclic) bond motifs is 5. The van der Waals surface area contributed by atoms with Crippen LogP contribution >= 0.6 is 0 Å². The average Bonchev–Trinajstić information content (AvgIpc) is 2.83. The minimum absolute atomic E-state index is 0.0920. The van der Waals surface area contributed by atoms with Crippen molar-refractivity contribution in [3.63, 3.8) is 0 Å². The fourth-order valence-electron chi connectivity index (χ4n) is 6.31. The summed E-state index contributed by atoms with van der Waals surface area (Å²) in [6.45, 7) is 6.26. The van der Waals surface area contributed by atoms with Gasteiger partial charge in [0.05, 0.1) is 0 Å². The van der Waals surface area contributed by atoms with Gasteiger partial charge in [0, 0.05) is 12.3 Å². The maximum Gasteiger partial charge on any atom is 0.302 e. The number of benzene rings is 1. The summed E-state index contributed by atoms with van der Waals surface area (Å²) in [4.78, 5) is 11.5. The Morgan fingerprint density at radius 2 is 2.08 bits per heavy atom. The molecule has 2 fully saturated rings. The van der Waals surface area contributed by atoms with Crippen LogP contribution in [0.15, 0.2) is 18.2 Å². The van der Waals surface area contributed by atoms with E-state index in [4.69, 9.17) is 4.74 Å². The molecule has 4 rings (SSSR count). The standard InChI is InChI=1S/C21H28O3/c1-12-10-14-11-15(23)4-5-16(14)17-8-9-21(3)18(20(12)17)6-7-19(21)24-13(2)22/h4-5,11-12,17-20,23H,6-10H2,1-3H3/t12-,17?,18?,19?,20?,21?/m1/s1. The van der Waals surface area contributed by atoms with E-state index in [1.807, 2.05) is 12.1 Å². The van der Waals surface area contributed by atoms with Gasteiger partial charge in [0.1, 0.15) is 11.9 Å². The zero-order chi connectivity index (χ0) is 17.1. The van der Waals surface area contributed by atoms with Gasteiger partial charge in [-0.05, 0) is 79.0 Å². The van der Waals surface area contributed by atoms with Crippen molar-refractivity contribution < 1.29 is 14.6 Å². The molecule has 0 aliphatic heterocycles. The van der Waals surface area contributed by atoms with Crippen LogP contribution in [-0.2, 0) is 16.0 Å². The van der Waals surface area contributed by atoms with Crippen LogP contribution in [0.4, 0.5) is 0 Å². The van der Waals surface area contributed by atoms with Gasteiger partial charge in [-0.2, -0.15) is 0 Å². The van der Waals surface area contributed by atoms with E-state index >= 15 is 0 Å². The first kappa shape index (κ1) is 16.0. The predicted octanol–water partition coefficient (Wildman–Crippen LogP) is 4.43. The number of esters is 1. The molecule has 0 spiro atoms. The van der Waals surface area contributed by atoms with Crippen molar-refractivity contribution in [2.45, 2.75) is 64.9 Å². The highest BCUT2D eigenvalue weighted by Crippen LogP contribution is 2.62. The molecule has 3 heteroatoms. The van der Waals surface area contributed by atoms with Crippen molar-refractivity contribution in [2.24, 2.45) is 23.2 Å². The van der Waals surface area contributed by atoms with E-state index < -0.39 is 0 Å². The van der Waals surface area contributed by atoms with E-state index in [1.54, 1.807) is 0 Å². The molecule has 0 aromatic heterocycles. The summed E-state index contributed by atoms with van der Waals surface area (Å²) in [6.07, 6.45) is 5.62. The van der Waals surface area contributed by atoms with E-state index in [-0.39, 0.29) is 17.5 Å². The van der Waals surface area contributed by atoms with Gasteiger partial charge in [-0.15, -0.1) is 0 Å². The second-order valence-electron chi connectivity index (χ2n) is 8.57. The number of hydrogen-bond acceptors (Lipinski definition) is 3. The van der Waals surface area contributed by atoms with Gasteiger partial charge in [-0.25, -0.2) is 0 Å². The summed E-state index contributed by atoms with van der Waals surface area (Å²) in [5.41, 5.74) is 2.92. The highest BCUT2D eigenvalue weighted by Gasteiger charge is 2.57. The minimum Gasteiger partial charge on any atom is -0.508 e. The molecule has 6 atom stereocenters. The number of carbonyl (C=O) groups excluding carboxylic acids is 1. The fraction of sp³-hybridized carbons (Fsp3) is 0.667. The molecule has 0 bridgehead atoms. The topological polar surface area (TPSA) is 46.5 Å². The third-order valence-corrected chi connectivity index (χ3v) is 7.28. The third kappa shape index (κ3) is 2.28. The first-order chi connectivity index (χ1) is 11.4. The molecule has 3 aliphatic rings. The summed E-state index contributed by atoms with van der Waals surface area (Å²) in [5, 5.41) is 9.83. The molecule has 0 radical (unpaired) electrons. The maximum absolute atomic E-state index is 11.5. The van der Waals surface area contributed by atoms with Gasteiger partial charge in [0.25, 0.3) is 0 Å². The minimum atomic E-state index is -0.137. The summed E-state index contributed by atoms with van der Waals surface area (Å²) < 4.78 is 5.71. The third-order valence-electron chi connectivity index (χ3n) is 7.28. The van der Waals surface area contributed by atoms with E-state index in [1.165, 1.54) is 24.5 Å². The summed E-state index contributed by atoms with van der Waals surface area (Å²) in [5.74, 6) is 2.76. The van der Waals surface area contributed by atoms with Crippen molar-refractivity contribution in [1.29, 1.82) is 0 Å². The van der Waals surface area contributed by atoms with Crippen LogP contribution in [0.25, 0.3) is 0 Å². The second-order valence-corrected chi connectivity index (χ2v) is 8.57. The molecule has 3 nitrogen and oxygen atoms in total. The molecule has 3 aliphatic carbocycles. The van der Waals surface area contributed by atoms with Crippen LogP contribution in [0.5, 0.6) is 5.75 Å². The molecule has 1 N–H and O–H groups in total. The number of hydrogen-bond donors (Lipinski definition) is 1. The highest BCUT2D eigenvalue weighted by molar-refractivity contribution is 5.66. The van der Waals surface area contributed by atoms with Gasteiger partial charge in [-0.1, -0.05) is 19.9 Å². The lowest BCUT2D eigenvalue weighted by atomic mass is 9.53. The number of carbonyl (C=O) groups is 1. The van der Waals surface area contributed by atoms with Gasteiger partial charge in [0.2, 0.25) is 0 Å². The average molecular weight is 328 g/mol. The number of ether oxygens (including phenoxy) is 1. The van der Waals surface area contributed by atoms with E-state index in [0.717, 1.165) is 25.7 Å². The van der Waals surface area contributed by atoms with Crippen LogP contribution in [0, 0.1) is 23.2 Å². The van der Waals surface area contributed by atoms with E-state index in [9.17, 15) is 9.90 Å². The Bertz CT molecular complexity index is 667. The number of phenolic OH excluding ortho intramolecular Hbond substituents is 1. The zero-order valence-electron chi connectivity index (χ0n) is 14.9. The monoisotopic (exact) mass is 328 g/mol. The molecular formula is C21H28O3. The first-order valence-electron chi connectivity index (χ1n) is 9.39. The fourth-order valence-corrected chi connectivity index (χ4v) is 6.31. The summed E-state index contributed by atoms with van der Waals surface area (Å²) >= 11 is 0. The molecule has 1 aromatic rings. The quantitative estimate of drug-likeness (QED) is 0.776. The Balaban J connectivity index is 1.68. The Morgan fingerprint density at radius 1 is 1.29 bits per heavy atom. The van der Waals surface area contributed by atoms with Crippen molar-refractivity contribution in [3.05, 3.63) is 29.3 Å². The van der Waals surface area contributed by atoms with E-state index in [2.05, 4.69) is 19.9 Å². The predicted molar refractivity (Wildman–Crippen MR) is 92.8 cm³/mol. The van der Waals surface area contributed by atoms with Gasteiger partial charge < -0.3 is 9.84 Å². The van der Waals surface area contributed by atoms with E-state index in [0.29, 0.717) is 29.4 Å². The summed E-state index contributed by atoms with van der Waals surface area (Å²) in [7, 11) is 0. The van der Waals surface area contributed by atoms with Crippen LogP contribution in [0.1, 0.15) is 63.5 Å². The molecule has 130 valence electrons. The van der Waals surface area contributed by atoms with Crippen LogP contribution in [0.2, 0.25) is 0 Å². The molecule has 24 heavy (non-hydrogen) atoms. The number of aromatic hydroxyl groups is 1. The molecule has 0 saturated heterocycles. The van der Waals surface area contributed by atoms with Crippen LogP contribution in [0.3, 0.4) is 0 Å². The van der Waals surface area contributed by atoms with Gasteiger partial charge in [0.15, 0.2) is 0 Å². The summed E-state index contributed by atoms with van der Waals surface area (Å²) in [6, 6.07) is 5.96. The molecular weight excluding hydrogens is 300 g/mol. The van der Waals surface area contributed by atoms with Crippen molar-refractivity contribution in [3.8, 4) is 5.75 Å². The maximum atomic E-state index is 11.5. The normalized spacial score (nSPS) is 40.4. The van der Waals surface area contributed by atoms with Crippen LogP contribution < -0.4 is 0 Å². The molecule has 0 amide bonds. The lowest BCUT2D eigenvalue weighted by Crippen LogP contribution is -2.47. The van der Waals surface area contributed by atoms with Crippen molar-refractivity contribution >= 4 is 5.97 Å². The van der Waals surface area contributed by atoms with Crippen molar-refractivity contribution in [1.82, 2.24) is 0 Å². The highest BCUT2D eigenvalue weighted by atomic mass is 16.5. The molecule has 0 heterocycles. The Labute approximate surface area is 144 Å². The van der Waals surface area contributed by atoms with Crippen LogP contribution in [-0.4, -0.2) is 17.2 Å². The number of rotatable bonds is 1. The first-order valence-corrected chi connectivity index (χ1v) is 9.39. The smallest absolute Gasteiger partial charge is 0.302 e. The largest absolute Gasteiger partial charge is 0.508 e. The SMILES string of the molecule is CC(=O)OC1CCC2C3C(CCC12C)c1ccc(O)cc1C[C@H]3C. The Hall–Kier alpha value is -1.51. The second kappa shape index (κ2) is 5.50.